The van der Waals surface area contributed by atoms with Crippen molar-refractivity contribution in [1.82, 2.24) is 15.5 Å². The maximum Gasteiger partial charge on any atom is 0.439 e. The Morgan fingerprint density at radius 1 is 1.11 bits per heavy atom. The number of aromatic amines is 1. The van der Waals surface area contributed by atoms with Crippen molar-refractivity contribution in [3.63, 3.8) is 0 Å². The normalized spacial score (nSPS) is 21.1. The number of hydrogen-bond donors (Lipinski definition) is 2. The lowest BCUT2D eigenvalue weighted by atomic mass is 9.77. The molecule has 0 bridgehead atoms. The molecule has 0 unspecified atom stereocenters. The molecule has 1 amide bonds. The van der Waals surface area contributed by atoms with E-state index in [1.165, 1.54) is 18.4 Å². The van der Waals surface area contributed by atoms with Crippen LogP contribution in [0, 0.1) is 0 Å². The van der Waals surface area contributed by atoms with Crippen molar-refractivity contribution in [1.29, 1.82) is 0 Å². The summed E-state index contributed by atoms with van der Waals surface area (Å²) in [4.78, 5) is 27.8. The molecule has 7 nitrogen and oxygen atoms in total. The van der Waals surface area contributed by atoms with Gasteiger partial charge in [-0.3, -0.25) is 14.3 Å². The first-order valence-electron chi connectivity index (χ1n) is 12.8. The van der Waals surface area contributed by atoms with Gasteiger partial charge in [-0.05, 0) is 78.0 Å². The van der Waals surface area contributed by atoms with Crippen LogP contribution in [0.25, 0.3) is 11.1 Å². The number of ether oxygens (including phenoxy) is 1. The number of carbonyl (C=O) groups excluding carboxylic acids is 1. The molecule has 2 N–H and O–H groups in total. The second-order valence-corrected chi connectivity index (χ2v) is 10.3. The summed E-state index contributed by atoms with van der Waals surface area (Å²) in [6, 6.07) is 13.7. The SMILES string of the molecule is O=C1N[C@@]2(CCc3cc(OCCCC(F)(F)F)ccc32)CC(c2ccc(C3CC3)cc2)=C1c1noc(=O)[nH]1. The Morgan fingerprint density at radius 3 is 2.58 bits per heavy atom. The summed E-state index contributed by atoms with van der Waals surface area (Å²) >= 11 is 0. The molecule has 1 fully saturated rings. The molecule has 2 heterocycles. The van der Waals surface area contributed by atoms with Crippen molar-refractivity contribution in [2.75, 3.05) is 6.61 Å². The number of nitrogens with zero attached hydrogens (tertiary/aromatic N) is 1. The van der Waals surface area contributed by atoms with Gasteiger partial charge in [-0.25, -0.2) is 4.79 Å². The smallest absolute Gasteiger partial charge is 0.439 e. The standard InChI is InChI=1S/C28H26F3N3O4/c29-28(30,31)11-1-13-37-20-8-9-22-19(14-20)10-12-27(22)15-21(18-6-4-17(5-7-18)16-2-3-16)23(25(35)33-27)24-32-26(36)38-34-24/h4-9,14,16H,1-3,10-13,15H2,(H,33,35)(H,32,34,36)/t27-/m0/s1. The van der Waals surface area contributed by atoms with E-state index in [1.54, 1.807) is 6.07 Å². The van der Waals surface area contributed by atoms with Gasteiger partial charge in [0.05, 0.1) is 17.7 Å². The lowest BCUT2D eigenvalue weighted by Crippen LogP contribution is -2.48. The maximum absolute atomic E-state index is 13.6. The number of amides is 1. The highest BCUT2D eigenvalue weighted by atomic mass is 19.4. The van der Waals surface area contributed by atoms with Gasteiger partial charge in [0, 0.05) is 12.8 Å². The second kappa shape index (κ2) is 9.18. The average molecular weight is 526 g/mol. The predicted octanol–water partition coefficient (Wildman–Crippen LogP) is 5.23. The zero-order valence-electron chi connectivity index (χ0n) is 20.5. The van der Waals surface area contributed by atoms with E-state index in [0.717, 1.165) is 22.3 Å². The Bertz CT molecular complexity index is 1470. The van der Waals surface area contributed by atoms with E-state index < -0.39 is 23.9 Å². The molecule has 0 radical (unpaired) electrons. The van der Waals surface area contributed by atoms with Crippen molar-refractivity contribution in [2.24, 2.45) is 0 Å². The third-order valence-electron chi connectivity index (χ3n) is 7.63. The number of nitrogens with one attached hydrogen (secondary N) is 2. The molecule has 10 heteroatoms. The molecule has 0 saturated heterocycles. The van der Waals surface area contributed by atoms with E-state index in [9.17, 15) is 22.8 Å². The number of benzene rings is 2. The number of H-pyrrole nitrogens is 1. The molecule has 3 aliphatic rings. The summed E-state index contributed by atoms with van der Waals surface area (Å²) in [6.07, 6.45) is -1.02. The number of aryl methyl sites for hydroxylation is 1. The first kappa shape index (κ1) is 24.5. The molecule has 1 aliphatic heterocycles. The van der Waals surface area contributed by atoms with Crippen LogP contribution in [0.15, 0.2) is 51.8 Å². The number of halogens is 3. The lowest BCUT2D eigenvalue weighted by molar-refractivity contribution is -0.136. The quantitative estimate of drug-likeness (QED) is 0.412. The van der Waals surface area contributed by atoms with Crippen LogP contribution >= 0.6 is 0 Å². The van der Waals surface area contributed by atoms with Crippen LogP contribution in [0.1, 0.15) is 72.5 Å². The first-order chi connectivity index (χ1) is 18.2. The molecule has 1 spiro atoms. The van der Waals surface area contributed by atoms with Crippen molar-refractivity contribution < 1.29 is 27.2 Å². The van der Waals surface area contributed by atoms with E-state index in [0.29, 0.717) is 30.9 Å². The van der Waals surface area contributed by atoms with Gasteiger partial charge in [0.15, 0.2) is 5.82 Å². The molecule has 2 aromatic carbocycles. The monoisotopic (exact) mass is 525 g/mol. The van der Waals surface area contributed by atoms with E-state index >= 15 is 0 Å². The fraction of sp³-hybridized carbons (Fsp3) is 0.393. The Morgan fingerprint density at radius 2 is 1.89 bits per heavy atom. The molecule has 3 aromatic rings. The van der Waals surface area contributed by atoms with Gasteiger partial charge in [-0.15, -0.1) is 0 Å². The van der Waals surface area contributed by atoms with E-state index in [-0.39, 0.29) is 30.3 Å². The fourth-order valence-corrected chi connectivity index (χ4v) is 5.65. The van der Waals surface area contributed by atoms with Gasteiger partial charge in [-0.2, -0.15) is 13.2 Å². The molecule has 2 aliphatic carbocycles. The van der Waals surface area contributed by atoms with Gasteiger partial charge in [-0.1, -0.05) is 35.5 Å². The second-order valence-electron chi connectivity index (χ2n) is 10.3. The zero-order valence-corrected chi connectivity index (χ0v) is 20.5. The van der Waals surface area contributed by atoms with Gasteiger partial charge < -0.3 is 10.1 Å². The minimum Gasteiger partial charge on any atom is -0.494 e. The number of hydrogen-bond acceptors (Lipinski definition) is 5. The predicted molar refractivity (Wildman–Crippen MR) is 132 cm³/mol. The Balaban J connectivity index is 1.31. The number of rotatable bonds is 7. The van der Waals surface area contributed by atoms with Gasteiger partial charge in [0.25, 0.3) is 5.91 Å². The van der Waals surface area contributed by atoms with Crippen LogP contribution in [-0.2, 0) is 16.8 Å². The van der Waals surface area contributed by atoms with Crippen LogP contribution in [-0.4, -0.2) is 28.8 Å². The number of carbonyl (C=O) groups is 1. The van der Waals surface area contributed by atoms with Gasteiger partial charge in [0.2, 0.25) is 0 Å². The summed E-state index contributed by atoms with van der Waals surface area (Å²) in [5, 5.41) is 6.96. The molecule has 38 heavy (non-hydrogen) atoms. The largest absolute Gasteiger partial charge is 0.494 e. The van der Waals surface area contributed by atoms with Gasteiger partial charge >= 0.3 is 11.9 Å². The van der Waals surface area contributed by atoms with E-state index in [2.05, 4.69) is 27.6 Å². The average Bonchev–Trinajstić information content (AvgIpc) is 3.57. The number of aromatic nitrogens is 2. The van der Waals surface area contributed by atoms with Crippen molar-refractivity contribution in [2.45, 2.75) is 62.6 Å². The Labute approximate surface area is 216 Å². The zero-order chi connectivity index (χ0) is 26.5. The molecule has 6 rings (SSSR count). The highest BCUT2D eigenvalue weighted by molar-refractivity contribution is 6.27. The van der Waals surface area contributed by atoms with Crippen LogP contribution in [0.3, 0.4) is 0 Å². The topological polar surface area (TPSA) is 97.2 Å². The molecule has 1 atom stereocenters. The minimum absolute atomic E-state index is 0.0246. The molecule has 1 saturated carbocycles. The molecule has 198 valence electrons. The van der Waals surface area contributed by atoms with Crippen LogP contribution in [0.2, 0.25) is 0 Å². The number of fused-ring (bicyclic) bond motifs is 2. The van der Waals surface area contributed by atoms with Crippen LogP contribution in [0.4, 0.5) is 13.2 Å². The van der Waals surface area contributed by atoms with Crippen molar-refractivity contribution in [3.05, 3.63) is 81.1 Å². The number of alkyl halides is 3. The maximum atomic E-state index is 13.6. The third kappa shape index (κ3) is 4.75. The summed E-state index contributed by atoms with van der Waals surface area (Å²) in [7, 11) is 0. The van der Waals surface area contributed by atoms with Crippen molar-refractivity contribution in [3.8, 4) is 5.75 Å². The van der Waals surface area contributed by atoms with E-state index in [1.807, 2.05) is 24.3 Å². The Hall–Kier alpha value is -3.82. The highest BCUT2D eigenvalue weighted by Crippen LogP contribution is 2.49. The summed E-state index contributed by atoms with van der Waals surface area (Å²) in [6.45, 7) is -0.0246. The molecule has 1 aromatic heterocycles. The Kier molecular flexibility index (Phi) is 5.92. The summed E-state index contributed by atoms with van der Waals surface area (Å²) < 4.78 is 47.6. The van der Waals surface area contributed by atoms with Gasteiger partial charge in [0.1, 0.15) is 5.75 Å². The highest BCUT2D eigenvalue weighted by Gasteiger charge is 2.46. The first-order valence-corrected chi connectivity index (χ1v) is 12.8. The fourth-order valence-electron chi connectivity index (χ4n) is 5.65. The van der Waals surface area contributed by atoms with Crippen molar-refractivity contribution >= 4 is 17.1 Å². The minimum atomic E-state index is -4.20. The van der Waals surface area contributed by atoms with Crippen LogP contribution in [0.5, 0.6) is 5.75 Å². The molecular formula is C28H26F3N3O4. The summed E-state index contributed by atoms with van der Waals surface area (Å²) in [5.74, 6) is 0.0965. The van der Waals surface area contributed by atoms with Crippen LogP contribution < -0.4 is 15.8 Å². The van der Waals surface area contributed by atoms with E-state index in [4.69, 9.17) is 9.26 Å². The summed E-state index contributed by atoms with van der Waals surface area (Å²) in [5.41, 5.74) is 4.46. The third-order valence-corrected chi connectivity index (χ3v) is 7.63. The molecular weight excluding hydrogens is 499 g/mol. The lowest BCUT2D eigenvalue weighted by Gasteiger charge is -2.37.